The summed E-state index contributed by atoms with van der Waals surface area (Å²) >= 11 is 5.80. The molecule has 0 fully saturated rings. The average molecular weight is 327 g/mol. The Morgan fingerprint density at radius 3 is 2.38 bits per heavy atom. The van der Waals surface area contributed by atoms with Crippen molar-refractivity contribution in [1.82, 2.24) is 4.31 Å². The van der Waals surface area contributed by atoms with Gasteiger partial charge >= 0.3 is 0 Å². The van der Waals surface area contributed by atoms with Crippen molar-refractivity contribution in [1.29, 1.82) is 0 Å². The van der Waals surface area contributed by atoms with E-state index in [1.165, 1.54) is 29.6 Å². The fourth-order valence-electron chi connectivity index (χ4n) is 1.80. The van der Waals surface area contributed by atoms with Gasteiger partial charge in [-0.2, -0.15) is 4.31 Å². The molecular formula is C14H15ClN2O3S. The normalized spacial score (nSPS) is 11.8. The summed E-state index contributed by atoms with van der Waals surface area (Å²) in [5.41, 5.74) is 6.38. The van der Waals surface area contributed by atoms with Crippen LogP contribution in [0.5, 0.6) is 5.75 Å². The van der Waals surface area contributed by atoms with Crippen LogP contribution in [0.15, 0.2) is 47.4 Å². The van der Waals surface area contributed by atoms with Gasteiger partial charge in [-0.1, -0.05) is 23.7 Å². The molecule has 0 radical (unpaired) electrons. The molecule has 0 bridgehead atoms. The number of phenolic OH excluding ortho intramolecular Hbond substituents is 1. The summed E-state index contributed by atoms with van der Waals surface area (Å²) in [6.07, 6.45) is 0. The van der Waals surface area contributed by atoms with Crippen LogP contribution in [0.3, 0.4) is 0 Å². The molecule has 3 N–H and O–H groups in total. The third kappa shape index (κ3) is 3.47. The molecule has 0 aliphatic rings. The molecule has 2 aromatic rings. The zero-order valence-electron chi connectivity index (χ0n) is 11.3. The van der Waals surface area contributed by atoms with Crippen LogP contribution in [0.4, 0.5) is 5.69 Å². The standard InChI is InChI=1S/C14H15ClN2O3S/c1-17(9-10-2-4-11(15)5-3-10)21(19,20)12-6-7-14(18)13(16)8-12/h2-8,18H,9,16H2,1H3. The van der Waals surface area contributed by atoms with E-state index in [0.717, 1.165) is 5.56 Å². The Morgan fingerprint density at radius 1 is 1.19 bits per heavy atom. The van der Waals surface area contributed by atoms with Gasteiger partial charge in [-0.15, -0.1) is 0 Å². The van der Waals surface area contributed by atoms with Gasteiger partial charge < -0.3 is 10.8 Å². The maximum atomic E-state index is 12.4. The zero-order valence-corrected chi connectivity index (χ0v) is 12.9. The van der Waals surface area contributed by atoms with Gasteiger partial charge in [-0.3, -0.25) is 0 Å². The molecule has 2 rings (SSSR count). The Hall–Kier alpha value is -1.76. The monoisotopic (exact) mass is 326 g/mol. The molecular weight excluding hydrogens is 312 g/mol. The minimum atomic E-state index is -3.68. The second-order valence-electron chi connectivity index (χ2n) is 4.61. The van der Waals surface area contributed by atoms with Gasteiger partial charge in [0.05, 0.1) is 10.6 Å². The van der Waals surface area contributed by atoms with Gasteiger partial charge in [0, 0.05) is 18.6 Å². The summed E-state index contributed by atoms with van der Waals surface area (Å²) in [7, 11) is -2.20. The van der Waals surface area contributed by atoms with Crippen molar-refractivity contribution in [3.63, 3.8) is 0 Å². The molecule has 0 aliphatic heterocycles. The highest BCUT2D eigenvalue weighted by molar-refractivity contribution is 7.89. The topological polar surface area (TPSA) is 83.6 Å². The zero-order chi connectivity index (χ0) is 15.6. The minimum Gasteiger partial charge on any atom is -0.506 e. The first kappa shape index (κ1) is 15.6. The van der Waals surface area contributed by atoms with Gasteiger partial charge in [0.25, 0.3) is 0 Å². The third-order valence-corrected chi connectivity index (χ3v) is 5.08. The second kappa shape index (κ2) is 5.93. The van der Waals surface area contributed by atoms with Crippen LogP contribution in [0.25, 0.3) is 0 Å². The predicted molar refractivity (Wildman–Crippen MR) is 82.6 cm³/mol. The van der Waals surface area contributed by atoms with E-state index in [0.29, 0.717) is 5.02 Å². The Kier molecular flexibility index (Phi) is 4.41. The third-order valence-electron chi connectivity index (χ3n) is 3.03. The molecule has 0 atom stereocenters. The number of sulfonamides is 1. The van der Waals surface area contributed by atoms with Crippen molar-refractivity contribution in [3.05, 3.63) is 53.1 Å². The van der Waals surface area contributed by atoms with Gasteiger partial charge in [0.15, 0.2) is 0 Å². The number of halogens is 1. The summed E-state index contributed by atoms with van der Waals surface area (Å²) in [5.74, 6) is -0.144. The lowest BCUT2D eigenvalue weighted by atomic mass is 10.2. The largest absolute Gasteiger partial charge is 0.506 e. The number of rotatable bonds is 4. The molecule has 0 spiro atoms. The van der Waals surface area contributed by atoms with E-state index in [9.17, 15) is 13.5 Å². The summed E-state index contributed by atoms with van der Waals surface area (Å²) in [6.45, 7) is 0.209. The molecule has 112 valence electrons. The van der Waals surface area contributed by atoms with Gasteiger partial charge in [0.1, 0.15) is 5.75 Å². The average Bonchev–Trinajstić information content (AvgIpc) is 2.44. The van der Waals surface area contributed by atoms with Crippen LogP contribution in [-0.2, 0) is 16.6 Å². The van der Waals surface area contributed by atoms with Crippen molar-refractivity contribution in [2.24, 2.45) is 0 Å². The Bertz CT molecular complexity index is 745. The van der Waals surface area contributed by atoms with Crippen LogP contribution in [0, 0.1) is 0 Å². The first-order valence-electron chi connectivity index (χ1n) is 6.10. The number of nitrogen functional groups attached to an aromatic ring is 1. The number of nitrogens with zero attached hydrogens (tertiary/aromatic N) is 1. The fraction of sp³-hybridized carbons (Fsp3) is 0.143. The number of benzene rings is 2. The summed E-state index contributed by atoms with van der Waals surface area (Å²) in [4.78, 5) is 0.0364. The predicted octanol–water partition coefficient (Wildman–Crippen LogP) is 2.45. The Balaban J connectivity index is 2.25. The maximum absolute atomic E-state index is 12.4. The fourth-order valence-corrected chi connectivity index (χ4v) is 3.13. The lowest BCUT2D eigenvalue weighted by Crippen LogP contribution is -2.26. The maximum Gasteiger partial charge on any atom is 0.243 e. The molecule has 0 aliphatic carbocycles. The first-order valence-corrected chi connectivity index (χ1v) is 7.92. The highest BCUT2D eigenvalue weighted by atomic mass is 35.5. The van der Waals surface area contributed by atoms with Crippen LogP contribution < -0.4 is 5.73 Å². The molecule has 0 saturated carbocycles. The summed E-state index contributed by atoms with van der Waals surface area (Å²) in [5, 5.41) is 9.96. The van der Waals surface area contributed by atoms with E-state index < -0.39 is 10.0 Å². The number of hydrogen-bond donors (Lipinski definition) is 2. The molecule has 2 aromatic carbocycles. The molecule has 0 unspecified atom stereocenters. The van der Waals surface area contributed by atoms with E-state index in [-0.39, 0.29) is 22.9 Å². The van der Waals surface area contributed by atoms with E-state index in [1.54, 1.807) is 24.3 Å². The van der Waals surface area contributed by atoms with E-state index in [4.69, 9.17) is 17.3 Å². The molecule has 21 heavy (non-hydrogen) atoms. The lowest BCUT2D eigenvalue weighted by Gasteiger charge is -2.17. The van der Waals surface area contributed by atoms with Crippen molar-refractivity contribution in [2.45, 2.75) is 11.4 Å². The van der Waals surface area contributed by atoms with Gasteiger partial charge in [-0.25, -0.2) is 8.42 Å². The number of hydrogen-bond acceptors (Lipinski definition) is 4. The van der Waals surface area contributed by atoms with Crippen molar-refractivity contribution < 1.29 is 13.5 Å². The van der Waals surface area contributed by atoms with Crippen molar-refractivity contribution in [2.75, 3.05) is 12.8 Å². The Morgan fingerprint density at radius 2 is 1.81 bits per heavy atom. The van der Waals surface area contributed by atoms with Crippen molar-refractivity contribution >= 4 is 27.3 Å². The van der Waals surface area contributed by atoms with Crippen molar-refractivity contribution in [3.8, 4) is 5.75 Å². The molecule has 0 saturated heterocycles. The van der Waals surface area contributed by atoms with Crippen LogP contribution in [0.1, 0.15) is 5.56 Å². The first-order chi connectivity index (χ1) is 9.80. The highest BCUT2D eigenvalue weighted by Crippen LogP contribution is 2.25. The van der Waals surface area contributed by atoms with E-state index >= 15 is 0 Å². The number of phenols is 1. The number of nitrogens with two attached hydrogens (primary N) is 1. The smallest absolute Gasteiger partial charge is 0.243 e. The summed E-state index contributed by atoms with van der Waals surface area (Å²) in [6, 6.07) is 10.8. The Labute approximate surface area is 128 Å². The van der Waals surface area contributed by atoms with Gasteiger partial charge in [0.2, 0.25) is 10.0 Å². The molecule has 7 heteroatoms. The quantitative estimate of drug-likeness (QED) is 0.667. The highest BCUT2D eigenvalue weighted by Gasteiger charge is 2.21. The van der Waals surface area contributed by atoms with Crippen LogP contribution in [-0.4, -0.2) is 24.9 Å². The van der Waals surface area contributed by atoms with Crippen LogP contribution >= 0.6 is 11.6 Å². The number of aromatic hydroxyl groups is 1. The molecule has 0 aromatic heterocycles. The molecule has 5 nitrogen and oxygen atoms in total. The summed E-state index contributed by atoms with van der Waals surface area (Å²) < 4.78 is 26.1. The second-order valence-corrected chi connectivity index (χ2v) is 7.09. The molecule has 0 amide bonds. The molecule has 0 heterocycles. The van der Waals surface area contributed by atoms with Gasteiger partial charge in [-0.05, 0) is 35.9 Å². The SMILES string of the molecule is CN(Cc1ccc(Cl)cc1)S(=O)(=O)c1ccc(O)c(N)c1. The van der Waals surface area contributed by atoms with Crippen LogP contribution in [0.2, 0.25) is 5.02 Å². The van der Waals surface area contributed by atoms with E-state index in [1.807, 2.05) is 0 Å². The minimum absolute atomic E-state index is 0.0240. The van der Waals surface area contributed by atoms with E-state index in [2.05, 4.69) is 0 Å². The lowest BCUT2D eigenvalue weighted by molar-refractivity contribution is 0.465. The number of anilines is 1.